The minimum absolute atomic E-state index is 0.651. The summed E-state index contributed by atoms with van der Waals surface area (Å²) in [5.41, 5.74) is 7.30. The Balaban J connectivity index is 1.50. The molecule has 6 heteroatoms. The van der Waals surface area contributed by atoms with Gasteiger partial charge in [0.25, 0.3) is 0 Å². The van der Waals surface area contributed by atoms with Gasteiger partial charge >= 0.3 is 0 Å². The van der Waals surface area contributed by atoms with Crippen LogP contribution in [0.5, 0.6) is 0 Å². The molecule has 4 aromatic heterocycles. The van der Waals surface area contributed by atoms with Gasteiger partial charge in [-0.1, -0.05) is 24.3 Å². The van der Waals surface area contributed by atoms with Gasteiger partial charge in [-0.15, -0.1) is 0 Å². The van der Waals surface area contributed by atoms with E-state index in [9.17, 15) is 0 Å². The van der Waals surface area contributed by atoms with Crippen LogP contribution in [-0.4, -0.2) is 25.6 Å². The average Bonchev–Trinajstić information content (AvgIpc) is 3.18. The van der Waals surface area contributed by atoms with Crippen LogP contribution in [0.25, 0.3) is 27.6 Å². The van der Waals surface area contributed by atoms with Gasteiger partial charge in [0, 0.05) is 17.8 Å². The number of pyridine rings is 2. The highest BCUT2D eigenvalue weighted by molar-refractivity contribution is 5.86. The zero-order valence-electron chi connectivity index (χ0n) is 13.7. The maximum absolute atomic E-state index is 4.58. The first-order valence-corrected chi connectivity index (χ1v) is 8.25. The second kappa shape index (κ2) is 5.93. The number of hydrazone groups is 1. The molecule has 0 unspecified atom stereocenters. The lowest BCUT2D eigenvalue weighted by atomic mass is 10.2. The van der Waals surface area contributed by atoms with E-state index in [1.54, 1.807) is 12.4 Å². The topological polar surface area (TPSA) is 67.5 Å². The van der Waals surface area contributed by atoms with Gasteiger partial charge in [-0.2, -0.15) is 5.10 Å². The predicted octanol–water partition coefficient (Wildman–Crippen LogP) is 3.88. The van der Waals surface area contributed by atoms with Gasteiger partial charge in [-0.05, 0) is 36.4 Å². The molecule has 0 bridgehead atoms. The lowest BCUT2D eigenvalue weighted by molar-refractivity contribution is 1.16. The number of fused-ring (bicyclic) bond motifs is 4. The van der Waals surface area contributed by atoms with Crippen LogP contribution in [0.1, 0.15) is 5.69 Å². The van der Waals surface area contributed by atoms with Crippen LogP contribution in [0.15, 0.2) is 78.2 Å². The SMILES string of the molecule is C(=N\Nc1nc2ncccc2n2cccc12)/c1ccc2ccccc2n1. The van der Waals surface area contributed by atoms with E-state index < -0.39 is 0 Å². The van der Waals surface area contributed by atoms with E-state index in [-0.39, 0.29) is 0 Å². The molecule has 124 valence electrons. The maximum Gasteiger partial charge on any atom is 0.178 e. The van der Waals surface area contributed by atoms with Crippen molar-refractivity contribution >= 4 is 39.6 Å². The van der Waals surface area contributed by atoms with E-state index in [4.69, 9.17) is 0 Å². The van der Waals surface area contributed by atoms with Gasteiger partial charge in [-0.3, -0.25) is 5.43 Å². The molecular weight excluding hydrogens is 324 g/mol. The lowest BCUT2D eigenvalue weighted by Crippen LogP contribution is -2.00. The second-order valence-electron chi connectivity index (χ2n) is 5.87. The Morgan fingerprint density at radius 1 is 0.885 bits per heavy atom. The molecule has 6 nitrogen and oxygen atoms in total. The highest BCUT2D eigenvalue weighted by atomic mass is 15.3. The summed E-state index contributed by atoms with van der Waals surface area (Å²) in [6.45, 7) is 0. The maximum atomic E-state index is 4.58. The third-order valence-corrected chi connectivity index (χ3v) is 4.22. The first kappa shape index (κ1) is 14.5. The molecule has 0 aliphatic heterocycles. The molecule has 0 saturated carbocycles. The van der Waals surface area contributed by atoms with E-state index in [0.717, 1.165) is 27.6 Å². The number of rotatable bonds is 3. The fraction of sp³-hybridized carbons (Fsp3) is 0. The van der Waals surface area contributed by atoms with Gasteiger partial charge in [0.1, 0.15) is 0 Å². The number of para-hydroxylation sites is 1. The Morgan fingerprint density at radius 2 is 1.81 bits per heavy atom. The van der Waals surface area contributed by atoms with Gasteiger partial charge in [0.15, 0.2) is 11.5 Å². The Labute approximate surface area is 148 Å². The van der Waals surface area contributed by atoms with Crippen molar-refractivity contribution in [2.24, 2.45) is 5.10 Å². The van der Waals surface area contributed by atoms with Crippen LogP contribution >= 0.6 is 0 Å². The number of hydrogen-bond donors (Lipinski definition) is 1. The predicted molar refractivity (Wildman–Crippen MR) is 103 cm³/mol. The van der Waals surface area contributed by atoms with Gasteiger partial charge in [-0.25, -0.2) is 15.0 Å². The van der Waals surface area contributed by atoms with Crippen LogP contribution < -0.4 is 5.43 Å². The van der Waals surface area contributed by atoms with Crippen molar-refractivity contribution in [1.82, 2.24) is 19.4 Å². The molecule has 1 aromatic carbocycles. The molecule has 0 radical (unpaired) electrons. The zero-order valence-corrected chi connectivity index (χ0v) is 13.7. The number of nitrogens with zero attached hydrogens (tertiary/aromatic N) is 5. The molecule has 1 N–H and O–H groups in total. The fourth-order valence-electron chi connectivity index (χ4n) is 3.01. The molecule has 0 aliphatic carbocycles. The zero-order chi connectivity index (χ0) is 17.3. The summed E-state index contributed by atoms with van der Waals surface area (Å²) >= 11 is 0. The Kier molecular flexibility index (Phi) is 3.31. The first-order valence-electron chi connectivity index (χ1n) is 8.25. The van der Waals surface area contributed by atoms with Crippen LogP contribution in [0, 0.1) is 0 Å². The number of benzene rings is 1. The Morgan fingerprint density at radius 3 is 2.81 bits per heavy atom. The van der Waals surface area contributed by atoms with Crippen LogP contribution in [0.3, 0.4) is 0 Å². The molecule has 26 heavy (non-hydrogen) atoms. The quantitative estimate of drug-likeness (QED) is 0.400. The third kappa shape index (κ3) is 2.44. The van der Waals surface area contributed by atoms with Crippen molar-refractivity contribution < 1.29 is 0 Å². The van der Waals surface area contributed by atoms with Crippen molar-refractivity contribution in [2.75, 3.05) is 5.43 Å². The Hall–Kier alpha value is -3.80. The normalized spacial score (nSPS) is 11.7. The lowest BCUT2D eigenvalue weighted by Gasteiger charge is -2.06. The van der Waals surface area contributed by atoms with Crippen molar-refractivity contribution in [2.45, 2.75) is 0 Å². The minimum Gasteiger partial charge on any atom is -0.310 e. The molecule has 5 aromatic rings. The summed E-state index contributed by atoms with van der Waals surface area (Å²) in [6, 6.07) is 19.8. The highest BCUT2D eigenvalue weighted by Gasteiger charge is 2.07. The molecule has 0 saturated heterocycles. The van der Waals surface area contributed by atoms with E-state index in [1.807, 2.05) is 71.3 Å². The highest BCUT2D eigenvalue weighted by Crippen LogP contribution is 2.21. The summed E-state index contributed by atoms with van der Waals surface area (Å²) in [6.07, 6.45) is 5.41. The summed E-state index contributed by atoms with van der Waals surface area (Å²) in [7, 11) is 0. The van der Waals surface area contributed by atoms with E-state index in [2.05, 4.69) is 25.5 Å². The van der Waals surface area contributed by atoms with Crippen molar-refractivity contribution in [3.05, 3.63) is 78.8 Å². The molecule has 0 spiro atoms. The standard InChI is InChI=1S/C20H14N6/c1-2-6-16-14(5-1)9-10-15(23-16)13-22-25-20-18-8-4-12-26(18)17-7-3-11-21-19(17)24-20/h1-13H,(H,21,24,25)/b22-13+. The Bertz CT molecular complexity index is 1270. The fourth-order valence-corrected chi connectivity index (χ4v) is 3.01. The molecule has 4 heterocycles. The first-order chi connectivity index (χ1) is 12.9. The van der Waals surface area contributed by atoms with Gasteiger partial charge in [0.2, 0.25) is 0 Å². The van der Waals surface area contributed by atoms with E-state index in [0.29, 0.717) is 11.5 Å². The molecular formula is C20H14N6. The second-order valence-corrected chi connectivity index (χ2v) is 5.87. The van der Waals surface area contributed by atoms with Crippen molar-refractivity contribution in [3.63, 3.8) is 0 Å². The molecule has 0 atom stereocenters. The van der Waals surface area contributed by atoms with Crippen LogP contribution in [0.2, 0.25) is 0 Å². The molecule has 5 rings (SSSR count). The van der Waals surface area contributed by atoms with Gasteiger partial charge < -0.3 is 4.40 Å². The monoisotopic (exact) mass is 338 g/mol. The minimum atomic E-state index is 0.651. The average molecular weight is 338 g/mol. The smallest absolute Gasteiger partial charge is 0.178 e. The van der Waals surface area contributed by atoms with Crippen molar-refractivity contribution in [1.29, 1.82) is 0 Å². The van der Waals surface area contributed by atoms with E-state index in [1.165, 1.54) is 0 Å². The third-order valence-electron chi connectivity index (χ3n) is 4.22. The molecule has 0 fully saturated rings. The summed E-state index contributed by atoms with van der Waals surface area (Å²) in [5.74, 6) is 0.651. The van der Waals surface area contributed by atoms with Crippen LogP contribution in [-0.2, 0) is 0 Å². The number of hydrogen-bond acceptors (Lipinski definition) is 5. The molecule has 0 aliphatic rings. The summed E-state index contributed by atoms with van der Waals surface area (Å²) in [5, 5.41) is 5.42. The number of aromatic nitrogens is 4. The van der Waals surface area contributed by atoms with Gasteiger partial charge in [0.05, 0.1) is 28.5 Å². The molecule has 0 amide bonds. The summed E-state index contributed by atoms with van der Waals surface area (Å²) in [4.78, 5) is 13.5. The number of nitrogens with one attached hydrogen (secondary N) is 1. The van der Waals surface area contributed by atoms with E-state index >= 15 is 0 Å². The summed E-state index contributed by atoms with van der Waals surface area (Å²) < 4.78 is 2.04. The van der Waals surface area contributed by atoms with Crippen LogP contribution in [0.4, 0.5) is 5.82 Å². The number of anilines is 1. The largest absolute Gasteiger partial charge is 0.310 e. The van der Waals surface area contributed by atoms with Crippen molar-refractivity contribution in [3.8, 4) is 0 Å².